The fraction of sp³-hybridized carbons (Fsp3) is 0.444. The first-order chi connectivity index (χ1) is 5.77. The number of rotatable bonds is 2. The molecule has 0 bridgehead atoms. The van der Waals surface area contributed by atoms with Gasteiger partial charge in [0.15, 0.2) is 0 Å². The van der Waals surface area contributed by atoms with Gasteiger partial charge in [-0.2, -0.15) is 0 Å². The van der Waals surface area contributed by atoms with Gasteiger partial charge in [-0.05, 0) is 17.6 Å². The van der Waals surface area contributed by atoms with E-state index in [9.17, 15) is 4.21 Å². The third-order valence-corrected chi connectivity index (χ3v) is 3.15. The van der Waals surface area contributed by atoms with Gasteiger partial charge in [0.05, 0.1) is 0 Å². The molecule has 66 valence electrons. The van der Waals surface area contributed by atoms with E-state index in [1.54, 1.807) is 13.1 Å². The minimum atomic E-state index is -0.685. The quantitative estimate of drug-likeness (QED) is 0.594. The molecule has 1 aliphatic heterocycles. The molecule has 3 heteroatoms. The van der Waals surface area contributed by atoms with Gasteiger partial charge in [-0.3, -0.25) is 9.20 Å². The third kappa shape index (κ3) is 2.14. The van der Waals surface area contributed by atoms with Crippen LogP contribution in [0.25, 0.3) is 0 Å². The van der Waals surface area contributed by atoms with E-state index in [4.69, 9.17) is 0 Å². The lowest BCUT2D eigenvalue weighted by atomic mass is 10.1. The van der Waals surface area contributed by atoms with Crippen LogP contribution in [0.2, 0.25) is 0 Å². The molecule has 1 heterocycles. The van der Waals surface area contributed by atoms with Gasteiger partial charge in [0.1, 0.15) is 0 Å². The molecule has 0 radical (unpaired) electrons. The Labute approximate surface area is 75.5 Å². The maximum absolute atomic E-state index is 11.2. The molecule has 0 spiro atoms. The lowest BCUT2D eigenvalue weighted by molar-refractivity contribution is 0.682. The maximum atomic E-state index is 11.2. The molecule has 0 N–H and O–H groups in total. The van der Waals surface area contributed by atoms with Crippen LogP contribution in [0.15, 0.2) is 28.8 Å². The Morgan fingerprint density at radius 2 is 2.33 bits per heavy atom. The molecule has 1 unspecified atom stereocenters. The number of aliphatic imine (C=N–C) groups is 1. The molecule has 0 aliphatic carbocycles. The molecule has 0 amide bonds. The topological polar surface area (TPSA) is 29.4 Å². The lowest BCUT2D eigenvalue weighted by Crippen LogP contribution is -2.14. The Bertz CT molecular complexity index is 266. The molecule has 12 heavy (non-hydrogen) atoms. The molecule has 0 fully saturated rings. The first-order valence-corrected chi connectivity index (χ1v) is 5.38. The summed E-state index contributed by atoms with van der Waals surface area (Å²) in [7, 11) is 1.06. The molecule has 1 rings (SSSR count). The van der Waals surface area contributed by atoms with E-state index in [0.29, 0.717) is 5.75 Å². The smallest absolute Gasteiger partial charge is 0.0488 e. The highest BCUT2D eigenvalue weighted by molar-refractivity contribution is 7.85. The molecule has 1 aliphatic rings. The minimum Gasteiger partial charge on any atom is -0.296 e. The summed E-state index contributed by atoms with van der Waals surface area (Å²) in [5, 5.41) is 0. The fourth-order valence-electron chi connectivity index (χ4n) is 1.22. The van der Waals surface area contributed by atoms with Crippen LogP contribution in [0.5, 0.6) is 0 Å². The molecule has 1 atom stereocenters. The zero-order valence-corrected chi connectivity index (χ0v) is 8.06. The largest absolute Gasteiger partial charge is 0.296 e. The Morgan fingerprint density at radius 1 is 1.58 bits per heavy atom. The number of hydrogen-bond donors (Lipinski definition) is 0. The molecule has 0 aromatic rings. The van der Waals surface area contributed by atoms with Gasteiger partial charge in [-0.1, -0.05) is 12.7 Å². The lowest BCUT2D eigenvalue weighted by Gasteiger charge is -2.14. The van der Waals surface area contributed by atoms with Gasteiger partial charge in [0.25, 0.3) is 0 Å². The van der Waals surface area contributed by atoms with Crippen molar-refractivity contribution < 1.29 is 4.21 Å². The number of hydrogen-bond acceptors (Lipinski definition) is 2. The van der Waals surface area contributed by atoms with Crippen molar-refractivity contribution >= 4 is 17.0 Å². The monoisotopic (exact) mass is 183 g/mol. The van der Waals surface area contributed by atoms with Crippen LogP contribution in [0.3, 0.4) is 0 Å². The van der Waals surface area contributed by atoms with E-state index < -0.39 is 10.8 Å². The summed E-state index contributed by atoms with van der Waals surface area (Å²) in [6, 6.07) is 0. The van der Waals surface area contributed by atoms with E-state index in [-0.39, 0.29) is 0 Å². The Kier molecular flexibility index (Phi) is 3.41. The first kappa shape index (κ1) is 9.39. The summed E-state index contributed by atoms with van der Waals surface area (Å²) in [4.78, 5) is 3.95. The second-order valence-electron chi connectivity index (χ2n) is 2.68. The van der Waals surface area contributed by atoms with Gasteiger partial charge in [0, 0.05) is 35.6 Å². The Morgan fingerprint density at radius 3 is 2.92 bits per heavy atom. The second-order valence-corrected chi connectivity index (χ2v) is 4.26. The van der Waals surface area contributed by atoms with E-state index in [1.165, 1.54) is 5.57 Å². The summed E-state index contributed by atoms with van der Waals surface area (Å²) in [5.74, 6) is 1.41. The van der Waals surface area contributed by atoms with Crippen LogP contribution >= 0.6 is 0 Å². The van der Waals surface area contributed by atoms with Crippen molar-refractivity contribution in [2.45, 2.75) is 6.42 Å². The van der Waals surface area contributed by atoms with E-state index >= 15 is 0 Å². The van der Waals surface area contributed by atoms with Crippen LogP contribution in [0.4, 0.5) is 0 Å². The van der Waals surface area contributed by atoms with Crippen molar-refractivity contribution in [3.05, 3.63) is 23.8 Å². The maximum Gasteiger partial charge on any atom is 0.0488 e. The summed E-state index contributed by atoms with van der Waals surface area (Å²) in [5.41, 5.74) is 2.28. The Hall–Kier alpha value is -0.700. The summed E-state index contributed by atoms with van der Waals surface area (Å²) in [6.07, 6.45) is 4.49. The second kappa shape index (κ2) is 4.36. The van der Waals surface area contributed by atoms with Crippen molar-refractivity contribution in [3.8, 4) is 0 Å². The summed E-state index contributed by atoms with van der Waals surface area (Å²) >= 11 is 0. The average molecular weight is 183 g/mol. The molecule has 0 aromatic heterocycles. The van der Waals surface area contributed by atoms with Crippen molar-refractivity contribution in [1.29, 1.82) is 0 Å². The molecular formula is C9H13NOS. The van der Waals surface area contributed by atoms with Crippen molar-refractivity contribution in [3.63, 3.8) is 0 Å². The SMILES string of the molecule is C=CC1=C(C=NC)CCS(=O)C1. The van der Waals surface area contributed by atoms with Crippen LogP contribution in [0.1, 0.15) is 6.42 Å². The fourth-order valence-corrected chi connectivity index (χ4v) is 2.46. The van der Waals surface area contributed by atoms with Gasteiger partial charge in [-0.25, -0.2) is 0 Å². The average Bonchev–Trinajstić information content (AvgIpc) is 2.08. The summed E-state index contributed by atoms with van der Waals surface area (Å²) in [6.45, 7) is 3.70. The number of allylic oxidation sites excluding steroid dienone is 2. The minimum absolute atomic E-state index is 0.644. The van der Waals surface area contributed by atoms with Gasteiger partial charge in [-0.15, -0.1) is 0 Å². The van der Waals surface area contributed by atoms with Crippen LogP contribution < -0.4 is 0 Å². The molecule has 0 aromatic carbocycles. The van der Waals surface area contributed by atoms with Crippen molar-refractivity contribution in [2.75, 3.05) is 18.6 Å². The molecule has 0 saturated heterocycles. The van der Waals surface area contributed by atoms with E-state index in [2.05, 4.69) is 11.6 Å². The van der Waals surface area contributed by atoms with Crippen LogP contribution in [-0.4, -0.2) is 29.0 Å². The normalized spacial score (nSPS) is 24.9. The third-order valence-electron chi connectivity index (χ3n) is 1.86. The molecule has 0 saturated carbocycles. The highest BCUT2D eigenvalue weighted by Crippen LogP contribution is 2.16. The predicted molar refractivity (Wildman–Crippen MR) is 54.1 cm³/mol. The van der Waals surface area contributed by atoms with Crippen LogP contribution in [-0.2, 0) is 10.8 Å². The zero-order valence-electron chi connectivity index (χ0n) is 7.25. The van der Waals surface area contributed by atoms with Crippen molar-refractivity contribution in [2.24, 2.45) is 4.99 Å². The molecule has 2 nitrogen and oxygen atoms in total. The summed E-state index contributed by atoms with van der Waals surface area (Å²) < 4.78 is 11.2. The standard InChI is InChI=1S/C9H13NOS/c1-3-8-7-12(11)5-4-9(8)6-10-2/h3,6H,1,4-5,7H2,2H3. The van der Waals surface area contributed by atoms with E-state index in [0.717, 1.165) is 17.7 Å². The first-order valence-electron chi connectivity index (χ1n) is 3.89. The predicted octanol–water partition coefficient (Wildman–Crippen LogP) is 1.32. The molecular weight excluding hydrogens is 170 g/mol. The zero-order chi connectivity index (χ0) is 8.97. The number of nitrogens with zero attached hydrogens (tertiary/aromatic N) is 1. The van der Waals surface area contributed by atoms with Crippen LogP contribution in [0, 0.1) is 0 Å². The van der Waals surface area contributed by atoms with Gasteiger partial charge >= 0.3 is 0 Å². The van der Waals surface area contributed by atoms with Crippen molar-refractivity contribution in [1.82, 2.24) is 0 Å². The van der Waals surface area contributed by atoms with E-state index in [1.807, 2.05) is 6.21 Å². The Balaban J connectivity index is 2.90. The highest BCUT2D eigenvalue weighted by Gasteiger charge is 2.13. The highest BCUT2D eigenvalue weighted by atomic mass is 32.2. The van der Waals surface area contributed by atoms with Gasteiger partial charge in [0.2, 0.25) is 0 Å². The van der Waals surface area contributed by atoms with Gasteiger partial charge < -0.3 is 0 Å².